The Morgan fingerprint density at radius 2 is 2.13 bits per heavy atom. The SMILES string of the molecule is C.C[C@]1(CO)Cc2cc(NC(=O)c3cnn4cccnc34)c(N3CCOCC3)cc2O1. The summed E-state index contributed by atoms with van der Waals surface area (Å²) in [6.07, 6.45) is 5.48. The van der Waals surface area contributed by atoms with E-state index in [1.165, 1.54) is 6.20 Å². The number of aliphatic hydroxyl groups excluding tert-OH is 1. The number of anilines is 2. The van der Waals surface area contributed by atoms with E-state index < -0.39 is 5.60 Å². The highest BCUT2D eigenvalue weighted by molar-refractivity contribution is 6.09. The number of fused-ring (bicyclic) bond motifs is 2. The number of amides is 1. The van der Waals surface area contributed by atoms with Gasteiger partial charge in [-0.2, -0.15) is 5.10 Å². The number of rotatable bonds is 4. The van der Waals surface area contributed by atoms with Crippen LogP contribution in [-0.2, 0) is 11.2 Å². The molecule has 2 aliphatic heterocycles. The number of nitrogens with one attached hydrogen (secondary N) is 1. The first kappa shape index (κ1) is 21.1. The van der Waals surface area contributed by atoms with Gasteiger partial charge in [0, 0.05) is 43.5 Å². The van der Waals surface area contributed by atoms with Gasteiger partial charge in [0.25, 0.3) is 5.91 Å². The second-order valence-corrected chi connectivity index (χ2v) is 7.86. The Balaban J connectivity index is 0.00000231. The third-order valence-corrected chi connectivity index (χ3v) is 5.56. The third kappa shape index (κ3) is 3.82. The van der Waals surface area contributed by atoms with Gasteiger partial charge >= 0.3 is 0 Å². The number of ether oxygens (including phenoxy) is 2. The molecule has 2 aromatic heterocycles. The van der Waals surface area contributed by atoms with Crippen LogP contribution >= 0.6 is 0 Å². The van der Waals surface area contributed by atoms with Crippen LogP contribution in [-0.4, -0.2) is 64.1 Å². The first-order valence-corrected chi connectivity index (χ1v) is 9.95. The summed E-state index contributed by atoms with van der Waals surface area (Å²) in [5.41, 5.74) is 2.77. The van der Waals surface area contributed by atoms with Gasteiger partial charge in [0.2, 0.25) is 0 Å². The van der Waals surface area contributed by atoms with E-state index in [9.17, 15) is 9.90 Å². The number of hydrogen-bond acceptors (Lipinski definition) is 7. The Bertz CT molecular complexity index is 1110. The minimum atomic E-state index is -0.653. The van der Waals surface area contributed by atoms with E-state index in [0.717, 1.165) is 30.1 Å². The van der Waals surface area contributed by atoms with Crippen LogP contribution in [0.2, 0.25) is 0 Å². The number of benzene rings is 1. The number of nitrogens with zero attached hydrogens (tertiary/aromatic N) is 4. The second kappa shape index (κ2) is 8.16. The summed E-state index contributed by atoms with van der Waals surface area (Å²) in [6.45, 7) is 4.48. The summed E-state index contributed by atoms with van der Waals surface area (Å²) >= 11 is 0. The van der Waals surface area contributed by atoms with Crippen molar-refractivity contribution in [2.24, 2.45) is 0 Å². The van der Waals surface area contributed by atoms with Crippen LogP contribution < -0.4 is 15.0 Å². The van der Waals surface area contributed by atoms with Crippen molar-refractivity contribution in [3.8, 4) is 5.75 Å². The average Bonchev–Trinajstić information content (AvgIpc) is 3.34. The number of carbonyl (C=O) groups excluding carboxylic acids is 1. The highest BCUT2D eigenvalue weighted by Gasteiger charge is 2.35. The highest BCUT2D eigenvalue weighted by Crippen LogP contribution is 2.42. The van der Waals surface area contributed by atoms with Gasteiger partial charge in [-0.05, 0) is 19.1 Å². The minimum absolute atomic E-state index is 0. The average molecular weight is 425 g/mol. The van der Waals surface area contributed by atoms with Gasteiger partial charge in [0.1, 0.15) is 16.9 Å². The summed E-state index contributed by atoms with van der Waals surface area (Å²) in [7, 11) is 0. The van der Waals surface area contributed by atoms with Crippen LogP contribution in [0.1, 0.15) is 30.3 Å². The maximum atomic E-state index is 13.1. The van der Waals surface area contributed by atoms with E-state index in [1.807, 2.05) is 19.1 Å². The molecule has 0 radical (unpaired) electrons. The fourth-order valence-corrected chi connectivity index (χ4v) is 3.98. The standard InChI is InChI=1S/C21H23N5O4.CH4/c1-21(13-27)11-14-9-16(17(10-18(14)30-21)25-5-7-29-8-6-25)24-20(28)15-12-23-26-4-2-3-22-19(15)26;/h2-4,9-10,12,27H,5-8,11,13H2,1H3,(H,24,28);1H4/t21-;/m1./s1. The molecule has 4 heterocycles. The molecule has 0 bridgehead atoms. The van der Waals surface area contributed by atoms with Crippen molar-refractivity contribution in [2.45, 2.75) is 26.4 Å². The molecule has 1 amide bonds. The summed E-state index contributed by atoms with van der Waals surface area (Å²) in [5.74, 6) is 0.464. The summed E-state index contributed by atoms with van der Waals surface area (Å²) in [5, 5.41) is 17.0. The Kier molecular flexibility index (Phi) is 5.55. The molecule has 164 valence electrons. The number of morpholine rings is 1. The third-order valence-electron chi connectivity index (χ3n) is 5.56. The maximum absolute atomic E-state index is 13.1. The van der Waals surface area contributed by atoms with Crippen LogP contribution in [0.25, 0.3) is 5.65 Å². The number of hydrogen-bond donors (Lipinski definition) is 2. The van der Waals surface area contributed by atoms with Crippen LogP contribution in [0.4, 0.5) is 11.4 Å². The molecule has 0 spiro atoms. The molecule has 1 aromatic carbocycles. The second-order valence-electron chi connectivity index (χ2n) is 7.86. The van der Waals surface area contributed by atoms with Gasteiger partial charge in [-0.25, -0.2) is 9.50 Å². The normalized spacial score (nSPS) is 20.1. The van der Waals surface area contributed by atoms with Gasteiger partial charge < -0.3 is 24.8 Å². The Hall–Kier alpha value is -3.17. The molecular formula is C22H27N5O4. The van der Waals surface area contributed by atoms with Crippen molar-refractivity contribution in [3.05, 3.63) is 47.9 Å². The van der Waals surface area contributed by atoms with E-state index >= 15 is 0 Å². The highest BCUT2D eigenvalue weighted by atomic mass is 16.5. The topological polar surface area (TPSA) is 101 Å². The molecule has 2 N–H and O–H groups in total. The Labute approximate surface area is 180 Å². The van der Waals surface area contributed by atoms with Crippen LogP contribution in [0.5, 0.6) is 5.75 Å². The predicted octanol–water partition coefficient (Wildman–Crippen LogP) is 2.14. The van der Waals surface area contributed by atoms with Gasteiger partial charge in [0.15, 0.2) is 5.65 Å². The van der Waals surface area contributed by atoms with Crippen molar-refractivity contribution in [3.63, 3.8) is 0 Å². The molecule has 5 rings (SSSR count). The molecule has 0 saturated carbocycles. The zero-order valence-corrected chi connectivity index (χ0v) is 16.7. The van der Waals surface area contributed by atoms with E-state index in [1.54, 1.807) is 23.0 Å². The fourth-order valence-electron chi connectivity index (χ4n) is 3.98. The summed E-state index contributed by atoms with van der Waals surface area (Å²) in [4.78, 5) is 19.5. The molecule has 1 saturated heterocycles. The monoisotopic (exact) mass is 425 g/mol. The van der Waals surface area contributed by atoms with E-state index in [0.29, 0.717) is 36.5 Å². The lowest BCUT2D eigenvalue weighted by Crippen LogP contribution is -2.36. The van der Waals surface area contributed by atoms with E-state index in [-0.39, 0.29) is 19.9 Å². The Morgan fingerprint density at radius 3 is 2.90 bits per heavy atom. The first-order valence-electron chi connectivity index (χ1n) is 9.95. The van der Waals surface area contributed by atoms with Gasteiger partial charge in [0.05, 0.1) is 37.4 Å². The smallest absolute Gasteiger partial charge is 0.261 e. The van der Waals surface area contributed by atoms with Crippen molar-refractivity contribution in [1.29, 1.82) is 0 Å². The molecule has 31 heavy (non-hydrogen) atoms. The molecule has 0 aliphatic carbocycles. The molecule has 2 aliphatic rings. The molecule has 1 atom stereocenters. The summed E-state index contributed by atoms with van der Waals surface area (Å²) in [6, 6.07) is 5.65. The zero-order chi connectivity index (χ0) is 20.7. The summed E-state index contributed by atoms with van der Waals surface area (Å²) < 4.78 is 13.1. The van der Waals surface area contributed by atoms with E-state index in [2.05, 4.69) is 20.3 Å². The molecule has 9 nitrogen and oxygen atoms in total. The van der Waals surface area contributed by atoms with E-state index in [4.69, 9.17) is 9.47 Å². The van der Waals surface area contributed by atoms with Crippen LogP contribution in [0, 0.1) is 0 Å². The van der Waals surface area contributed by atoms with Gasteiger partial charge in [-0.15, -0.1) is 0 Å². The van der Waals surface area contributed by atoms with Crippen molar-refractivity contribution >= 4 is 22.9 Å². The molecule has 3 aromatic rings. The lowest BCUT2D eigenvalue weighted by molar-refractivity contribution is 0.0446. The van der Waals surface area contributed by atoms with Crippen LogP contribution in [0.3, 0.4) is 0 Å². The fraction of sp³-hybridized carbons (Fsp3) is 0.409. The van der Waals surface area contributed by atoms with Crippen molar-refractivity contribution in [1.82, 2.24) is 14.6 Å². The molecule has 0 unspecified atom stereocenters. The lowest BCUT2D eigenvalue weighted by Gasteiger charge is -2.31. The molecule has 9 heteroatoms. The van der Waals surface area contributed by atoms with Gasteiger partial charge in [-0.1, -0.05) is 7.43 Å². The molecule has 1 fully saturated rings. The Morgan fingerprint density at radius 1 is 1.32 bits per heavy atom. The minimum Gasteiger partial charge on any atom is -0.484 e. The number of aliphatic hydroxyl groups is 1. The maximum Gasteiger partial charge on any atom is 0.261 e. The van der Waals surface area contributed by atoms with Crippen LogP contribution in [0.15, 0.2) is 36.8 Å². The molecular weight excluding hydrogens is 398 g/mol. The largest absolute Gasteiger partial charge is 0.484 e. The zero-order valence-electron chi connectivity index (χ0n) is 16.7. The number of aromatic nitrogens is 3. The van der Waals surface area contributed by atoms with Gasteiger partial charge in [-0.3, -0.25) is 4.79 Å². The number of carbonyl (C=O) groups is 1. The lowest BCUT2D eigenvalue weighted by atomic mass is 9.99. The first-order chi connectivity index (χ1) is 14.6. The van der Waals surface area contributed by atoms with Crippen molar-refractivity contribution in [2.75, 3.05) is 43.1 Å². The predicted molar refractivity (Wildman–Crippen MR) is 117 cm³/mol. The van der Waals surface area contributed by atoms with Crippen molar-refractivity contribution < 1.29 is 19.4 Å². The quantitative estimate of drug-likeness (QED) is 0.660.